The molecule has 78 valence electrons. The molecule has 1 aromatic rings. The van der Waals surface area contributed by atoms with Crippen molar-refractivity contribution in [1.29, 1.82) is 0 Å². The predicted octanol–water partition coefficient (Wildman–Crippen LogP) is 1.01. The highest BCUT2D eigenvalue weighted by Crippen LogP contribution is 2.11. The molecule has 0 unspecified atom stereocenters. The van der Waals surface area contributed by atoms with E-state index in [0.29, 0.717) is 18.0 Å². The number of carbonyl (C=O) groups is 1. The summed E-state index contributed by atoms with van der Waals surface area (Å²) in [5, 5.41) is 6.88. The van der Waals surface area contributed by atoms with Crippen molar-refractivity contribution >= 4 is 17.5 Å². The Morgan fingerprint density at radius 3 is 2.64 bits per heavy atom. The van der Waals surface area contributed by atoms with Crippen molar-refractivity contribution in [3.05, 3.63) is 17.0 Å². The van der Waals surface area contributed by atoms with Crippen LogP contribution in [0.5, 0.6) is 0 Å². The van der Waals surface area contributed by atoms with Gasteiger partial charge in [-0.2, -0.15) is 5.10 Å². The molecule has 0 aliphatic rings. The van der Waals surface area contributed by atoms with E-state index in [1.807, 2.05) is 20.9 Å². The third kappa shape index (κ3) is 2.07. The Balaban J connectivity index is 2.89. The van der Waals surface area contributed by atoms with E-state index < -0.39 is 0 Å². The molecule has 0 spiro atoms. The van der Waals surface area contributed by atoms with Gasteiger partial charge in [-0.25, -0.2) is 0 Å². The fraction of sp³-hybridized carbons (Fsp3) is 0.556. The van der Waals surface area contributed by atoms with Gasteiger partial charge in [0.25, 0.3) is 5.91 Å². The molecular weight excluding hydrogens is 202 g/mol. The summed E-state index contributed by atoms with van der Waals surface area (Å²) in [5.41, 5.74) is 2.27. The van der Waals surface area contributed by atoms with Gasteiger partial charge >= 0.3 is 0 Å². The topological polar surface area (TPSA) is 46.9 Å². The third-order valence-corrected chi connectivity index (χ3v) is 2.31. The molecular formula is C9H14ClN3O. The summed E-state index contributed by atoms with van der Waals surface area (Å²) in [7, 11) is 1.82. The number of aromatic nitrogens is 2. The van der Waals surface area contributed by atoms with Crippen LogP contribution in [0.15, 0.2) is 0 Å². The largest absolute Gasteiger partial charge is 0.351 e. The molecule has 1 amide bonds. The van der Waals surface area contributed by atoms with Gasteiger partial charge in [0.2, 0.25) is 0 Å². The molecule has 4 nitrogen and oxygen atoms in total. The van der Waals surface area contributed by atoms with E-state index >= 15 is 0 Å². The number of hydrogen-bond donors (Lipinski definition) is 1. The number of hydrogen-bond acceptors (Lipinski definition) is 2. The molecule has 0 bridgehead atoms. The highest BCUT2D eigenvalue weighted by Gasteiger charge is 2.16. The molecule has 0 aliphatic heterocycles. The average Bonchev–Trinajstić information content (AvgIpc) is 2.38. The average molecular weight is 216 g/mol. The summed E-state index contributed by atoms with van der Waals surface area (Å²) in [6, 6.07) is 0. The molecule has 14 heavy (non-hydrogen) atoms. The zero-order chi connectivity index (χ0) is 10.7. The van der Waals surface area contributed by atoms with Crippen molar-refractivity contribution in [3.8, 4) is 0 Å². The first-order valence-corrected chi connectivity index (χ1v) is 4.95. The standard InChI is InChI=1S/C9H14ClN3O/c1-6-8(7(2)13(3)12-6)9(14)11-5-4-10/h4-5H2,1-3H3,(H,11,14). The van der Waals surface area contributed by atoms with Crippen LogP contribution in [0, 0.1) is 13.8 Å². The summed E-state index contributed by atoms with van der Waals surface area (Å²) in [4.78, 5) is 11.6. The molecule has 0 aromatic carbocycles. The lowest BCUT2D eigenvalue weighted by atomic mass is 10.2. The molecule has 0 saturated heterocycles. The second-order valence-corrected chi connectivity index (χ2v) is 3.49. The van der Waals surface area contributed by atoms with Gasteiger partial charge in [0.15, 0.2) is 0 Å². The number of carbonyl (C=O) groups excluding carboxylic acids is 1. The molecule has 1 heterocycles. The van der Waals surface area contributed by atoms with Gasteiger partial charge in [-0.3, -0.25) is 9.48 Å². The van der Waals surface area contributed by atoms with Crippen LogP contribution in [0.2, 0.25) is 0 Å². The van der Waals surface area contributed by atoms with E-state index in [-0.39, 0.29) is 5.91 Å². The monoisotopic (exact) mass is 215 g/mol. The Kier molecular flexibility index (Phi) is 3.52. The van der Waals surface area contributed by atoms with Gasteiger partial charge < -0.3 is 5.32 Å². The van der Waals surface area contributed by atoms with Gasteiger partial charge in [0.05, 0.1) is 11.3 Å². The maximum Gasteiger partial charge on any atom is 0.255 e. The Labute approximate surface area is 88.2 Å². The lowest BCUT2D eigenvalue weighted by Crippen LogP contribution is -2.26. The van der Waals surface area contributed by atoms with Crippen LogP contribution in [-0.4, -0.2) is 28.1 Å². The molecule has 1 aromatic heterocycles. The normalized spacial score (nSPS) is 10.3. The summed E-state index contributed by atoms with van der Waals surface area (Å²) in [6.45, 7) is 4.17. The summed E-state index contributed by atoms with van der Waals surface area (Å²) >= 11 is 5.48. The van der Waals surface area contributed by atoms with Crippen LogP contribution in [0.25, 0.3) is 0 Å². The fourth-order valence-electron chi connectivity index (χ4n) is 1.35. The van der Waals surface area contributed by atoms with Crippen molar-refractivity contribution in [2.45, 2.75) is 13.8 Å². The zero-order valence-corrected chi connectivity index (χ0v) is 9.35. The minimum absolute atomic E-state index is 0.103. The Hall–Kier alpha value is -1.03. The molecule has 0 aliphatic carbocycles. The fourth-order valence-corrected chi connectivity index (χ4v) is 1.45. The van der Waals surface area contributed by atoms with Gasteiger partial charge in [-0.1, -0.05) is 0 Å². The minimum Gasteiger partial charge on any atom is -0.351 e. The van der Waals surface area contributed by atoms with E-state index in [1.165, 1.54) is 0 Å². The van der Waals surface area contributed by atoms with E-state index in [4.69, 9.17) is 11.6 Å². The number of amides is 1. The Morgan fingerprint density at radius 1 is 1.57 bits per heavy atom. The number of halogens is 1. The first kappa shape index (κ1) is 11.0. The Bertz CT molecular complexity index is 346. The number of aryl methyl sites for hydroxylation is 2. The molecule has 0 fully saturated rings. The summed E-state index contributed by atoms with van der Waals surface area (Å²) in [6.07, 6.45) is 0. The number of nitrogens with one attached hydrogen (secondary N) is 1. The summed E-state index contributed by atoms with van der Waals surface area (Å²) in [5.74, 6) is 0.318. The molecule has 0 radical (unpaired) electrons. The number of rotatable bonds is 3. The maximum atomic E-state index is 11.6. The van der Waals surface area contributed by atoms with E-state index in [9.17, 15) is 4.79 Å². The van der Waals surface area contributed by atoms with E-state index in [1.54, 1.807) is 4.68 Å². The van der Waals surface area contributed by atoms with Crippen LogP contribution in [-0.2, 0) is 7.05 Å². The molecule has 1 N–H and O–H groups in total. The van der Waals surface area contributed by atoms with Crippen LogP contribution in [0.1, 0.15) is 21.7 Å². The second kappa shape index (κ2) is 4.46. The number of alkyl halides is 1. The van der Waals surface area contributed by atoms with Crippen LogP contribution >= 0.6 is 11.6 Å². The molecule has 0 atom stereocenters. The molecule has 0 saturated carbocycles. The quantitative estimate of drug-likeness (QED) is 0.765. The maximum absolute atomic E-state index is 11.6. The lowest BCUT2D eigenvalue weighted by Gasteiger charge is -2.02. The van der Waals surface area contributed by atoms with Gasteiger partial charge in [0.1, 0.15) is 0 Å². The van der Waals surface area contributed by atoms with Crippen LogP contribution in [0.3, 0.4) is 0 Å². The molecule has 5 heteroatoms. The highest BCUT2D eigenvalue weighted by atomic mass is 35.5. The van der Waals surface area contributed by atoms with Crippen molar-refractivity contribution in [2.24, 2.45) is 7.05 Å². The van der Waals surface area contributed by atoms with Gasteiger partial charge in [0, 0.05) is 25.2 Å². The predicted molar refractivity (Wildman–Crippen MR) is 55.7 cm³/mol. The van der Waals surface area contributed by atoms with Crippen LogP contribution < -0.4 is 5.32 Å². The third-order valence-electron chi connectivity index (χ3n) is 2.12. The first-order chi connectivity index (χ1) is 6.57. The first-order valence-electron chi connectivity index (χ1n) is 4.42. The zero-order valence-electron chi connectivity index (χ0n) is 8.59. The van der Waals surface area contributed by atoms with Crippen molar-refractivity contribution in [3.63, 3.8) is 0 Å². The second-order valence-electron chi connectivity index (χ2n) is 3.11. The molecule has 1 rings (SSSR count). The van der Waals surface area contributed by atoms with E-state index in [2.05, 4.69) is 10.4 Å². The van der Waals surface area contributed by atoms with Crippen LogP contribution in [0.4, 0.5) is 0 Å². The number of nitrogens with zero attached hydrogens (tertiary/aromatic N) is 2. The highest BCUT2D eigenvalue weighted by molar-refractivity contribution is 6.18. The summed E-state index contributed by atoms with van der Waals surface area (Å²) < 4.78 is 1.70. The van der Waals surface area contributed by atoms with Crippen molar-refractivity contribution in [1.82, 2.24) is 15.1 Å². The van der Waals surface area contributed by atoms with E-state index in [0.717, 1.165) is 11.4 Å². The van der Waals surface area contributed by atoms with Gasteiger partial charge in [-0.15, -0.1) is 11.6 Å². The van der Waals surface area contributed by atoms with Crippen molar-refractivity contribution < 1.29 is 4.79 Å². The minimum atomic E-state index is -0.103. The van der Waals surface area contributed by atoms with Gasteiger partial charge in [-0.05, 0) is 13.8 Å². The van der Waals surface area contributed by atoms with Crippen molar-refractivity contribution in [2.75, 3.05) is 12.4 Å². The lowest BCUT2D eigenvalue weighted by molar-refractivity contribution is 0.0954. The SMILES string of the molecule is Cc1nn(C)c(C)c1C(=O)NCCCl. The Morgan fingerprint density at radius 2 is 2.21 bits per heavy atom. The smallest absolute Gasteiger partial charge is 0.255 e.